The maximum atomic E-state index is 2.87. The fourth-order valence-electron chi connectivity index (χ4n) is 14.4. The highest BCUT2D eigenvalue weighted by Crippen LogP contribution is 2.64. The second kappa shape index (κ2) is 16.1. The quantitative estimate of drug-likeness (QED) is 0.163. The van der Waals surface area contributed by atoms with Crippen LogP contribution in [-0.4, -0.2) is 12.3 Å². The second-order valence-corrected chi connectivity index (χ2v) is 27.0. The minimum atomic E-state index is -0.353. The first kappa shape index (κ1) is 47.9. The van der Waals surface area contributed by atoms with Crippen LogP contribution in [0.5, 0.6) is 0 Å². The number of hydrogen-bond donors (Lipinski definition) is 0. The molecule has 1 saturated carbocycles. The minimum absolute atomic E-state index is 0.0125. The Bertz CT molecular complexity index is 3640. The van der Waals surface area contributed by atoms with Crippen molar-refractivity contribution in [1.82, 2.24) is 0 Å². The van der Waals surface area contributed by atoms with Gasteiger partial charge in [0.1, 0.15) is 0 Å². The molecule has 8 aromatic rings. The molecule has 2 atom stereocenters. The lowest BCUT2D eigenvalue weighted by Gasteiger charge is -2.51. The van der Waals surface area contributed by atoms with Crippen LogP contribution in [-0.2, 0) is 27.1 Å². The van der Waals surface area contributed by atoms with Gasteiger partial charge in [0.05, 0.1) is 11.2 Å². The smallest absolute Gasteiger partial charge is 0.252 e. The van der Waals surface area contributed by atoms with Crippen LogP contribution in [0.4, 0.5) is 45.5 Å². The van der Waals surface area contributed by atoms with Crippen molar-refractivity contribution in [3.63, 3.8) is 0 Å². The van der Waals surface area contributed by atoms with Crippen molar-refractivity contribution in [3.8, 4) is 22.3 Å². The van der Waals surface area contributed by atoms with Gasteiger partial charge in [0.15, 0.2) is 0 Å². The van der Waals surface area contributed by atoms with E-state index in [1.165, 1.54) is 130 Å². The van der Waals surface area contributed by atoms with E-state index in [9.17, 15) is 0 Å². The van der Waals surface area contributed by atoms with E-state index >= 15 is 0 Å². The highest BCUT2D eigenvalue weighted by Gasteiger charge is 2.59. The van der Waals surface area contributed by atoms with Crippen molar-refractivity contribution >= 4 is 68.6 Å². The first-order valence-corrected chi connectivity index (χ1v) is 28.0. The van der Waals surface area contributed by atoms with E-state index in [4.69, 9.17) is 0 Å². The molecule has 3 nitrogen and oxygen atoms in total. The van der Waals surface area contributed by atoms with Crippen LogP contribution < -0.4 is 31.1 Å². The molecule has 4 aliphatic heterocycles. The lowest BCUT2D eigenvalue weighted by Crippen LogP contribution is -2.61. The van der Waals surface area contributed by atoms with E-state index in [0.29, 0.717) is 0 Å². The van der Waals surface area contributed by atoms with E-state index < -0.39 is 0 Å². The summed E-state index contributed by atoms with van der Waals surface area (Å²) < 4.78 is 0. The summed E-state index contributed by atoms with van der Waals surface area (Å²) in [5.74, 6) is 0. The summed E-state index contributed by atoms with van der Waals surface area (Å²) in [6.45, 7) is 31.3. The van der Waals surface area contributed by atoms with Crippen molar-refractivity contribution in [2.75, 3.05) is 14.7 Å². The molecule has 0 N–H and O–H groups in total. The monoisotopic (exact) mass is 980 g/mol. The van der Waals surface area contributed by atoms with Gasteiger partial charge in [-0.05, 0) is 163 Å². The lowest BCUT2D eigenvalue weighted by atomic mass is 9.33. The number of benzene rings is 8. The number of rotatable bonds is 3. The van der Waals surface area contributed by atoms with Gasteiger partial charge in [-0.1, -0.05) is 199 Å². The van der Waals surface area contributed by atoms with Crippen LogP contribution in [0.3, 0.4) is 0 Å². The van der Waals surface area contributed by atoms with Gasteiger partial charge in [-0.25, -0.2) is 0 Å². The Morgan fingerprint density at radius 1 is 0.413 bits per heavy atom. The summed E-state index contributed by atoms with van der Waals surface area (Å²) in [7, 11) is 0. The summed E-state index contributed by atoms with van der Waals surface area (Å²) in [6, 6.07) is 65.0. The molecule has 1 aliphatic carbocycles. The molecule has 2 unspecified atom stereocenters. The number of nitrogens with zero attached hydrogens (tertiary/aromatic N) is 3. The number of anilines is 8. The van der Waals surface area contributed by atoms with Crippen molar-refractivity contribution in [1.29, 1.82) is 0 Å². The Morgan fingerprint density at radius 3 is 1.75 bits per heavy atom. The third-order valence-electron chi connectivity index (χ3n) is 19.1. The van der Waals surface area contributed by atoms with Gasteiger partial charge in [-0.15, -0.1) is 0 Å². The fourth-order valence-corrected chi connectivity index (χ4v) is 14.4. The third kappa shape index (κ3) is 6.99. The maximum absolute atomic E-state index is 2.87. The van der Waals surface area contributed by atoms with E-state index in [1.807, 2.05) is 0 Å². The molecule has 0 spiro atoms. The fraction of sp³-hybridized carbons (Fsp3) is 0.324. The van der Waals surface area contributed by atoms with Gasteiger partial charge >= 0.3 is 0 Å². The summed E-state index contributed by atoms with van der Waals surface area (Å²) in [4.78, 5) is 8.21. The Morgan fingerprint density at radius 2 is 1.03 bits per heavy atom. The molecule has 6 bridgehead atoms. The van der Waals surface area contributed by atoms with Crippen molar-refractivity contribution in [2.45, 2.75) is 148 Å². The maximum Gasteiger partial charge on any atom is 0.252 e. The highest BCUT2D eigenvalue weighted by atomic mass is 15.3. The average Bonchev–Trinajstić information content (AvgIpc) is 3.59. The van der Waals surface area contributed by atoms with Gasteiger partial charge in [0.2, 0.25) is 0 Å². The van der Waals surface area contributed by atoms with Crippen LogP contribution in [0, 0.1) is 0 Å². The molecule has 4 heteroatoms. The summed E-state index contributed by atoms with van der Waals surface area (Å²) in [6.07, 6.45) is 4.69. The number of hydrogen-bond acceptors (Lipinski definition) is 3. The molecule has 0 aromatic heterocycles. The lowest BCUT2D eigenvalue weighted by molar-refractivity contribution is 0.195. The first-order valence-electron chi connectivity index (χ1n) is 28.0. The Balaban J connectivity index is 1.18. The highest BCUT2D eigenvalue weighted by molar-refractivity contribution is 7.00. The molecule has 5 aliphatic rings. The average molecular weight is 980 g/mol. The van der Waals surface area contributed by atoms with Gasteiger partial charge in [-0.2, -0.15) is 0 Å². The molecule has 0 amide bonds. The predicted octanol–water partition coefficient (Wildman–Crippen LogP) is 17.4. The third-order valence-corrected chi connectivity index (χ3v) is 19.1. The molecule has 0 radical (unpaired) electrons. The molecule has 13 rings (SSSR count). The predicted molar refractivity (Wildman–Crippen MR) is 322 cm³/mol. The first-order chi connectivity index (χ1) is 35.6. The number of fused-ring (bicyclic) bond motifs is 14. The Labute approximate surface area is 448 Å². The van der Waals surface area contributed by atoms with Crippen molar-refractivity contribution in [2.24, 2.45) is 0 Å². The molecule has 0 saturated heterocycles. The Hall–Kier alpha value is -6.78. The largest absolute Gasteiger partial charge is 0.334 e. The van der Waals surface area contributed by atoms with E-state index in [-0.39, 0.29) is 39.3 Å². The standard InChI is InChI=1S/C71H74BN3/c1-66(2,3)47-30-28-46(29-31-47)53-43-56-61-44-55(53)69(10,11)50-24-21-25-51(38-50)73-62-40-49(68(7,8)9)32-34-58(62)72-57-26-17-18-27-60(57)74(59-35-33-48(67(4,5)6)39-54(59)45-22-15-14-16-23-45)64-42-52(41-63(73)65(64)72)75(61)71(13)37-20-19-36-70(56,71)12/h14-18,21-35,38-44H,19-20,36-37H2,1-13H3. The second-order valence-electron chi connectivity index (χ2n) is 27.0. The van der Waals surface area contributed by atoms with Crippen LogP contribution in [0.1, 0.15) is 149 Å². The van der Waals surface area contributed by atoms with Crippen LogP contribution >= 0.6 is 0 Å². The molecular formula is C71H74BN3. The van der Waals surface area contributed by atoms with Gasteiger partial charge in [0, 0.05) is 56.2 Å². The minimum Gasteiger partial charge on any atom is -0.334 e. The summed E-state index contributed by atoms with van der Waals surface area (Å²) in [5, 5.41) is 0. The zero-order chi connectivity index (χ0) is 52.4. The number of para-hydroxylation sites is 1. The normalized spacial score (nSPS) is 20.0. The van der Waals surface area contributed by atoms with Crippen LogP contribution in [0.2, 0.25) is 0 Å². The molecule has 4 heterocycles. The molecule has 8 aromatic carbocycles. The van der Waals surface area contributed by atoms with E-state index in [1.54, 1.807) is 0 Å². The topological polar surface area (TPSA) is 9.72 Å². The molecule has 376 valence electrons. The van der Waals surface area contributed by atoms with Crippen LogP contribution in [0.25, 0.3) is 22.3 Å². The zero-order valence-corrected chi connectivity index (χ0v) is 46.8. The SMILES string of the molecule is CC(C)(C)c1ccc(-c2cc3c4cc2C(C)(C)c2cccc(c2)N2c5cc(C(C)(C)C)ccc5B5c6ccccc6N(c6ccc(C(C)(C)C)cc6-c6ccccc6)c6cc(cc2c65)N4C2(C)CCCCC32C)cc1. The van der Waals surface area contributed by atoms with Gasteiger partial charge < -0.3 is 14.7 Å². The Kier molecular flexibility index (Phi) is 10.3. The molecule has 1 fully saturated rings. The van der Waals surface area contributed by atoms with E-state index in [0.717, 1.165) is 12.8 Å². The molecular weight excluding hydrogens is 906 g/mol. The zero-order valence-electron chi connectivity index (χ0n) is 46.8. The van der Waals surface area contributed by atoms with Crippen molar-refractivity contribution < 1.29 is 0 Å². The van der Waals surface area contributed by atoms with Gasteiger partial charge in [0.25, 0.3) is 6.71 Å². The molecule has 75 heavy (non-hydrogen) atoms. The van der Waals surface area contributed by atoms with Crippen molar-refractivity contribution in [3.05, 3.63) is 197 Å². The summed E-state index contributed by atoms with van der Waals surface area (Å²) in [5.41, 5.74) is 26.7. The summed E-state index contributed by atoms with van der Waals surface area (Å²) >= 11 is 0. The van der Waals surface area contributed by atoms with Crippen LogP contribution in [0.15, 0.2) is 164 Å². The van der Waals surface area contributed by atoms with Gasteiger partial charge in [-0.3, -0.25) is 0 Å². The van der Waals surface area contributed by atoms with E-state index in [2.05, 4.69) is 269 Å².